The predicted molar refractivity (Wildman–Crippen MR) is 61.9 cm³/mol. The van der Waals surface area contributed by atoms with Gasteiger partial charge in [-0.05, 0) is 41.4 Å². The van der Waals surface area contributed by atoms with Crippen LogP contribution in [0.15, 0.2) is 35.2 Å². The van der Waals surface area contributed by atoms with Crippen LogP contribution in [0.1, 0.15) is 19.8 Å². The van der Waals surface area contributed by atoms with Crippen LogP contribution in [-0.4, -0.2) is 16.6 Å². The van der Waals surface area contributed by atoms with Crippen molar-refractivity contribution in [3.05, 3.63) is 30.3 Å². The summed E-state index contributed by atoms with van der Waals surface area (Å²) < 4.78 is 0. The summed E-state index contributed by atoms with van der Waals surface area (Å²) in [6.07, 6.45) is 2.45. The Labute approximate surface area is 86.8 Å². The summed E-state index contributed by atoms with van der Waals surface area (Å²) in [6, 6.07) is 10.4. The third-order valence-corrected chi connectivity index (χ3v) is 7.23. The van der Waals surface area contributed by atoms with Gasteiger partial charge < -0.3 is 0 Å². The SMILES string of the molecule is CC(=O)S1(c2ccccc2)CCCC1. The van der Waals surface area contributed by atoms with E-state index < -0.39 is 10.0 Å². The van der Waals surface area contributed by atoms with Crippen LogP contribution in [0.4, 0.5) is 0 Å². The normalized spacial score (nSPS) is 21.8. The van der Waals surface area contributed by atoms with Gasteiger partial charge in [-0.3, -0.25) is 4.79 Å². The molecule has 1 fully saturated rings. The molecule has 1 saturated heterocycles. The minimum atomic E-state index is -1.10. The molecule has 2 rings (SSSR count). The summed E-state index contributed by atoms with van der Waals surface area (Å²) in [4.78, 5) is 13.1. The second-order valence-electron chi connectivity index (χ2n) is 3.80. The standard InChI is InChI=1S/C12H16OS/c1-11(13)14(9-5-6-10-14)12-7-3-2-4-8-12/h2-4,7-8H,5-6,9-10H2,1H3. The first kappa shape index (κ1) is 9.78. The van der Waals surface area contributed by atoms with Crippen LogP contribution in [0, 0.1) is 0 Å². The van der Waals surface area contributed by atoms with Crippen molar-refractivity contribution >= 4 is 15.1 Å². The summed E-state index contributed by atoms with van der Waals surface area (Å²) in [6.45, 7) is 1.77. The third-order valence-electron chi connectivity index (χ3n) is 2.98. The highest BCUT2D eigenvalue weighted by Gasteiger charge is 2.34. The van der Waals surface area contributed by atoms with Crippen molar-refractivity contribution in [2.45, 2.75) is 24.7 Å². The molecule has 1 aromatic carbocycles. The molecular weight excluding hydrogens is 192 g/mol. The fraction of sp³-hybridized carbons (Fsp3) is 0.417. The lowest BCUT2D eigenvalue weighted by atomic mass is 10.4. The van der Waals surface area contributed by atoms with E-state index in [0.29, 0.717) is 5.12 Å². The van der Waals surface area contributed by atoms with E-state index in [1.807, 2.05) is 18.2 Å². The summed E-state index contributed by atoms with van der Waals surface area (Å²) in [5.41, 5.74) is 0. The van der Waals surface area contributed by atoms with E-state index in [9.17, 15) is 4.79 Å². The third kappa shape index (κ3) is 1.48. The monoisotopic (exact) mass is 208 g/mol. The van der Waals surface area contributed by atoms with Gasteiger partial charge in [0, 0.05) is 6.92 Å². The van der Waals surface area contributed by atoms with Crippen molar-refractivity contribution in [1.82, 2.24) is 0 Å². The zero-order chi connectivity index (χ0) is 10.0. The number of carbonyl (C=O) groups excluding carboxylic acids is 1. The molecule has 1 aliphatic heterocycles. The van der Waals surface area contributed by atoms with Gasteiger partial charge >= 0.3 is 0 Å². The van der Waals surface area contributed by atoms with Gasteiger partial charge in [-0.15, -0.1) is 0 Å². The Morgan fingerprint density at radius 2 is 1.71 bits per heavy atom. The summed E-state index contributed by atoms with van der Waals surface area (Å²) >= 11 is 0. The Kier molecular flexibility index (Phi) is 2.64. The van der Waals surface area contributed by atoms with E-state index in [4.69, 9.17) is 0 Å². The number of hydrogen-bond acceptors (Lipinski definition) is 1. The van der Waals surface area contributed by atoms with E-state index in [-0.39, 0.29) is 0 Å². The van der Waals surface area contributed by atoms with Crippen LogP contribution >= 0.6 is 10.0 Å². The molecule has 1 aromatic rings. The Morgan fingerprint density at radius 1 is 1.14 bits per heavy atom. The van der Waals surface area contributed by atoms with E-state index in [1.54, 1.807) is 6.92 Å². The molecule has 0 bridgehead atoms. The average Bonchev–Trinajstić information content (AvgIpc) is 2.69. The first-order valence-electron chi connectivity index (χ1n) is 5.10. The summed E-state index contributed by atoms with van der Waals surface area (Å²) in [5, 5.41) is 0.418. The molecule has 0 aliphatic carbocycles. The lowest BCUT2D eigenvalue weighted by molar-refractivity contribution is -0.109. The zero-order valence-corrected chi connectivity index (χ0v) is 9.35. The molecule has 0 saturated carbocycles. The molecule has 0 radical (unpaired) electrons. The van der Waals surface area contributed by atoms with Crippen molar-refractivity contribution in [2.75, 3.05) is 11.5 Å². The van der Waals surface area contributed by atoms with E-state index in [1.165, 1.54) is 17.7 Å². The van der Waals surface area contributed by atoms with Gasteiger partial charge in [-0.25, -0.2) is 0 Å². The van der Waals surface area contributed by atoms with Gasteiger partial charge in [0.15, 0.2) is 5.12 Å². The molecule has 0 aromatic heterocycles. The Hall–Kier alpha value is -0.760. The van der Waals surface area contributed by atoms with Gasteiger partial charge in [0.1, 0.15) is 0 Å². The highest BCUT2D eigenvalue weighted by molar-refractivity contribution is 8.45. The maximum absolute atomic E-state index is 11.8. The van der Waals surface area contributed by atoms with Gasteiger partial charge in [0.05, 0.1) is 0 Å². The second kappa shape index (κ2) is 3.77. The van der Waals surface area contributed by atoms with Gasteiger partial charge in [0.2, 0.25) is 0 Å². The fourth-order valence-electron chi connectivity index (χ4n) is 2.17. The second-order valence-corrected chi connectivity index (χ2v) is 7.43. The van der Waals surface area contributed by atoms with Crippen LogP contribution in [0.3, 0.4) is 0 Å². The molecule has 1 aliphatic rings. The van der Waals surface area contributed by atoms with Crippen LogP contribution in [0.5, 0.6) is 0 Å². The minimum Gasteiger partial charge on any atom is -0.289 e. The maximum atomic E-state index is 11.8. The molecule has 0 N–H and O–H groups in total. The van der Waals surface area contributed by atoms with Gasteiger partial charge in [0.25, 0.3) is 0 Å². The van der Waals surface area contributed by atoms with Gasteiger partial charge in [-0.2, -0.15) is 10.0 Å². The lowest BCUT2D eigenvalue weighted by Crippen LogP contribution is -2.11. The summed E-state index contributed by atoms with van der Waals surface area (Å²) in [7, 11) is -1.10. The van der Waals surface area contributed by atoms with Crippen LogP contribution in [0.2, 0.25) is 0 Å². The number of benzene rings is 1. The number of rotatable bonds is 1. The molecule has 14 heavy (non-hydrogen) atoms. The molecule has 1 heterocycles. The molecule has 0 spiro atoms. The quantitative estimate of drug-likeness (QED) is 0.692. The predicted octanol–water partition coefficient (Wildman–Crippen LogP) is 3.19. The minimum absolute atomic E-state index is 0.418. The van der Waals surface area contributed by atoms with E-state index in [2.05, 4.69) is 12.1 Å². The highest BCUT2D eigenvalue weighted by atomic mass is 32.3. The van der Waals surface area contributed by atoms with E-state index in [0.717, 1.165) is 11.5 Å². The van der Waals surface area contributed by atoms with Crippen molar-refractivity contribution < 1.29 is 4.79 Å². The Morgan fingerprint density at radius 3 is 2.21 bits per heavy atom. The van der Waals surface area contributed by atoms with Crippen molar-refractivity contribution in [1.29, 1.82) is 0 Å². The smallest absolute Gasteiger partial charge is 0.172 e. The van der Waals surface area contributed by atoms with Gasteiger partial charge in [-0.1, -0.05) is 18.2 Å². The van der Waals surface area contributed by atoms with Crippen LogP contribution < -0.4 is 0 Å². The lowest BCUT2D eigenvalue weighted by Gasteiger charge is -2.32. The van der Waals surface area contributed by atoms with Crippen LogP contribution in [0.25, 0.3) is 0 Å². The molecule has 0 amide bonds. The van der Waals surface area contributed by atoms with Crippen molar-refractivity contribution in [3.8, 4) is 0 Å². The Balaban J connectivity index is 2.42. The molecule has 0 unspecified atom stereocenters. The zero-order valence-electron chi connectivity index (χ0n) is 8.53. The molecular formula is C12H16OS. The largest absolute Gasteiger partial charge is 0.289 e. The highest BCUT2D eigenvalue weighted by Crippen LogP contribution is 2.60. The van der Waals surface area contributed by atoms with E-state index >= 15 is 0 Å². The Bertz CT molecular complexity index is 325. The molecule has 1 nitrogen and oxygen atoms in total. The average molecular weight is 208 g/mol. The van der Waals surface area contributed by atoms with Crippen LogP contribution in [-0.2, 0) is 4.79 Å². The number of carbonyl (C=O) groups is 1. The first-order valence-corrected chi connectivity index (χ1v) is 7.07. The molecule has 2 heteroatoms. The fourth-order valence-corrected chi connectivity index (χ4v) is 5.82. The van der Waals surface area contributed by atoms with Crippen molar-refractivity contribution in [3.63, 3.8) is 0 Å². The summed E-state index contributed by atoms with van der Waals surface area (Å²) in [5.74, 6) is 2.23. The molecule has 0 atom stereocenters. The maximum Gasteiger partial charge on any atom is 0.172 e. The molecule has 76 valence electrons. The topological polar surface area (TPSA) is 17.1 Å². The first-order chi connectivity index (χ1) is 6.76. The number of hydrogen-bond donors (Lipinski definition) is 0. The van der Waals surface area contributed by atoms with Crippen molar-refractivity contribution in [2.24, 2.45) is 0 Å².